The molecule has 0 aliphatic carbocycles. The van der Waals surface area contributed by atoms with E-state index in [9.17, 15) is 4.39 Å². The molecule has 1 aromatic carbocycles. The first-order valence-corrected chi connectivity index (χ1v) is 5.69. The highest BCUT2D eigenvalue weighted by molar-refractivity contribution is 5.36. The van der Waals surface area contributed by atoms with Gasteiger partial charge in [0.05, 0.1) is 19.3 Å². The summed E-state index contributed by atoms with van der Waals surface area (Å²) in [5, 5.41) is 13.5. The summed E-state index contributed by atoms with van der Waals surface area (Å²) in [7, 11) is 1.44. The number of aromatic nitrogens is 3. The van der Waals surface area contributed by atoms with Gasteiger partial charge in [-0.3, -0.25) is 0 Å². The molecule has 0 saturated carbocycles. The highest BCUT2D eigenvalue weighted by atomic mass is 19.1. The second-order valence-electron chi connectivity index (χ2n) is 3.75. The van der Waals surface area contributed by atoms with Gasteiger partial charge in [0, 0.05) is 5.56 Å². The highest BCUT2D eigenvalue weighted by Crippen LogP contribution is 2.27. The highest BCUT2D eigenvalue weighted by Gasteiger charge is 2.21. The first kappa shape index (κ1) is 12.5. The van der Waals surface area contributed by atoms with E-state index in [4.69, 9.17) is 4.74 Å². The topological polar surface area (TPSA) is 62.8 Å². The van der Waals surface area contributed by atoms with Crippen LogP contribution in [0, 0.1) is 5.82 Å². The molecule has 1 atom stereocenters. The number of rotatable bonds is 5. The Morgan fingerprint density at radius 3 is 2.94 bits per heavy atom. The van der Waals surface area contributed by atoms with Crippen LogP contribution in [0.25, 0.3) is 0 Å². The van der Waals surface area contributed by atoms with Crippen molar-refractivity contribution in [2.24, 2.45) is 0 Å². The standard InChI is InChI=1S/C12H15FN4O/c1-3-14-12(9-7-15-17-16-9)8-5-4-6-10(18-2)11(8)13/h4-7,12,14H,3H2,1-2H3,(H,15,16,17). The van der Waals surface area contributed by atoms with Gasteiger partial charge in [0.1, 0.15) is 5.69 Å². The fraction of sp³-hybridized carbons (Fsp3) is 0.333. The Hall–Kier alpha value is -1.95. The molecule has 0 aliphatic rings. The largest absolute Gasteiger partial charge is 0.494 e. The quantitative estimate of drug-likeness (QED) is 0.847. The second kappa shape index (κ2) is 5.59. The maximum Gasteiger partial charge on any atom is 0.170 e. The van der Waals surface area contributed by atoms with Crippen molar-refractivity contribution in [3.05, 3.63) is 41.5 Å². The Morgan fingerprint density at radius 1 is 1.50 bits per heavy atom. The van der Waals surface area contributed by atoms with Gasteiger partial charge in [-0.05, 0) is 12.6 Å². The molecular weight excluding hydrogens is 235 g/mol. The van der Waals surface area contributed by atoms with Crippen LogP contribution in [-0.4, -0.2) is 29.1 Å². The third-order valence-corrected chi connectivity index (χ3v) is 2.66. The Labute approximate surface area is 104 Å². The van der Waals surface area contributed by atoms with Crippen LogP contribution in [0.3, 0.4) is 0 Å². The maximum atomic E-state index is 14.2. The molecule has 5 nitrogen and oxygen atoms in total. The van der Waals surface area contributed by atoms with Crippen LogP contribution in [0.15, 0.2) is 24.4 Å². The van der Waals surface area contributed by atoms with Crippen LogP contribution in [0.4, 0.5) is 4.39 Å². The van der Waals surface area contributed by atoms with E-state index >= 15 is 0 Å². The minimum absolute atomic E-state index is 0.221. The van der Waals surface area contributed by atoms with Crippen molar-refractivity contribution in [2.45, 2.75) is 13.0 Å². The number of H-pyrrole nitrogens is 1. The summed E-state index contributed by atoms with van der Waals surface area (Å²) in [5.74, 6) is -0.159. The first-order chi connectivity index (χ1) is 8.77. The average Bonchev–Trinajstić information content (AvgIpc) is 2.90. The summed E-state index contributed by atoms with van der Waals surface area (Å²) < 4.78 is 19.2. The van der Waals surface area contributed by atoms with Crippen LogP contribution < -0.4 is 10.1 Å². The average molecular weight is 250 g/mol. The van der Waals surface area contributed by atoms with Gasteiger partial charge in [-0.15, -0.1) is 0 Å². The molecule has 18 heavy (non-hydrogen) atoms. The summed E-state index contributed by atoms with van der Waals surface area (Å²) in [6, 6.07) is 4.70. The smallest absolute Gasteiger partial charge is 0.170 e. The van der Waals surface area contributed by atoms with E-state index in [-0.39, 0.29) is 17.6 Å². The van der Waals surface area contributed by atoms with Gasteiger partial charge in [0.15, 0.2) is 11.6 Å². The molecule has 0 aliphatic heterocycles. The minimum Gasteiger partial charge on any atom is -0.494 e. The third kappa shape index (κ3) is 2.33. The van der Waals surface area contributed by atoms with Crippen molar-refractivity contribution in [1.82, 2.24) is 20.7 Å². The number of aromatic amines is 1. The van der Waals surface area contributed by atoms with Gasteiger partial charge in [-0.2, -0.15) is 15.4 Å². The predicted octanol–water partition coefficient (Wildman–Crippen LogP) is 1.65. The van der Waals surface area contributed by atoms with Gasteiger partial charge in [-0.1, -0.05) is 19.1 Å². The summed E-state index contributed by atoms with van der Waals surface area (Å²) in [4.78, 5) is 0. The molecule has 2 N–H and O–H groups in total. The molecule has 1 heterocycles. The molecule has 0 saturated heterocycles. The van der Waals surface area contributed by atoms with E-state index in [0.717, 1.165) is 0 Å². The zero-order valence-electron chi connectivity index (χ0n) is 10.3. The van der Waals surface area contributed by atoms with Gasteiger partial charge in [-0.25, -0.2) is 4.39 Å². The van der Waals surface area contributed by atoms with Crippen molar-refractivity contribution in [1.29, 1.82) is 0 Å². The lowest BCUT2D eigenvalue weighted by atomic mass is 10.0. The number of nitrogens with zero attached hydrogens (tertiary/aromatic N) is 2. The number of halogens is 1. The van der Waals surface area contributed by atoms with Crippen molar-refractivity contribution in [3.8, 4) is 5.75 Å². The van der Waals surface area contributed by atoms with Crippen molar-refractivity contribution >= 4 is 0 Å². The predicted molar refractivity (Wildman–Crippen MR) is 64.9 cm³/mol. The Bertz CT molecular complexity index is 501. The van der Waals surface area contributed by atoms with E-state index in [1.807, 2.05) is 6.92 Å². The van der Waals surface area contributed by atoms with Crippen molar-refractivity contribution in [3.63, 3.8) is 0 Å². The van der Waals surface area contributed by atoms with E-state index in [0.29, 0.717) is 17.8 Å². The normalized spacial score (nSPS) is 12.4. The Balaban J connectivity index is 2.43. The van der Waals surface area contributed by atoms with Crippen LogP contribution in [0.1, 0.15) is 24.2 Å². The molecule has 6 heteroatoms. The summed E-state index contributed by atoms with van der Waals surface area (Å²) in [5.41, 5.74) is 1.13. The molecule has 0 spiro atoms. The molecule has 0 bridgehead atoms. The molecule has 0 fully saturated rings. The molecule has 2 rings (SSSR count). The molecule has 0 radical (unpaired) electrons. The van der Waals surface area contributed by atoms with Crippen LogP contribution in [0.2, 0.25) is 0 Å². The van der Waals surface area contributed by atoms with Gasteiger partial charge < -0.3 is 10.1 Å². The molecule has 2 aromatic rings. The fourth-order valence-electron chi connectivity index (χ4n) is 1.84. The summed E-state index contributed by atoms with van der Waals surface area (Å²) in [6.45, 7) is 2.64. The summed E-state index contributed by atoms with van der Waals surface area (Å²) in [6.07, 6.45) is 1.58. The lowest BCUT2D eigenvalue weighted by Crippen LogP contribution is -2.23. The van der Waals surface area contributed by atoms with Gasteiger partial charge in [0.2, 0.25) is 0 Å². The van der Waals surface area contributed by atoms with Gasteiger partial charge >= 0.3 is 0 Å². The number of nitrogens with one attached hydrogen (secondary N) is 2. The molecule has 0 amide bonds. The number of benzene rings is 1. The lowest BCUT2D eigenvalue weighted by Gasteiger charge is -2.17. The SMILES string of the molecule is CCNC(c1cn[nH]n1)c1cccc(OC)c1F. The Kier molecular flexibility index (Phi) is 3.88. The van der Waals surface area contributed by atoms with E-state index in [1.165, 1.54) is 7.11 Å². The van der Waals surface area contributed by atoms with Gasteiger partial charge in [0.25, 0.3) is 0 Å². The number of hydrogen-bond donors (Lipinski definition) is 2. The molecular formula is C12H15FN4O. The van der Waals surface area contributed by atoms with Crippen LogP contribution in [0.5, 0.6) is 5.75 Å². The zero-order chi connectivity index (χ0) is 13.0. The number of ether oxygens (including phenoxy) is 1. The summed E-state index contributed by atoms with van der Waals surface area (Å²) >= 11 is 0. The van der Waals surface area contributed by atoms with E-state index < -0.39 is 0 Å². The van der Waals surface area contributed by atoms with Crippen molar-refractivity contribution in [2.75, 3.05) is 13.7 Å². The maximum absolute atomic E-state index is 14.2. The monoisotopic (exact) mass is 250 g/mol. The first-order valence-electron chi connectivity index (χ1n) is 5.69. The Morgan fingerprint density at radius 2 is 2.33 bits per heavy atom. The molecule has 1 aromatic heterocycles. The fourth-order valence-corrected chi connectivity index (χ4v) is 1.84. The van der Waals surface area contributed by atoms with Crippen LogP contribution >= 0.6 is 0 Å². The minimum atomic E-state index is -0.381. The lowest BCUT2D eigenvalue weighted by molar-refractivity contribution is 0.381. The zero-order valence-corrected chi connectivity index (χ0v) is 10.3. The van der Waals surface area contributed by atoms with Crippen molar-refractivity contribution < 1.29 is 9.13 Å². The molecule has 96 valence electrons. The number of methoxy groups -OCH3 is 1. The third-order valence-electron chi connectivity index (χ3n) is 2.66. The second-order valence-corrected chi connectivity index (χ2v) is 3.75. The number of hydrogen-bond acceptors (Lipinski definition) is 4. The van der Waals surface area contributed by atoms with E-state index in [1.54, 1.807) is 24.4 Å². The molecule has 1 unspecified atom stereocenters. The van der Waals surface area contributed by atoms with E-state index in [2.05, 4.69) is 20.7 Å². The van der Waals surface area contributed by atoms with Crippen LogP contribution in [-0.2, 0) is 0 Å².